The number of nitrogens with one attached hydrogen (secondary N) is 1. The van der Waals surface area contributed by atoms with E-state index in [0.29, 0.717) is 56.1 Å². The Bertz CT molecular complexity index is 1290. The number of hydrogen-bond acceptors (Lipinski definition) is 6. The van der Waals surface area contributed by atoms with Crippen molar-refractivity contribution in [1.29, 1.82) is 0 Å². The fraction of sp³-hybridized carbons (Fsp3) is 0.516. The molecule has 0 aliphatic carbocycles. The van der Waals surface area contributed by atoms with Crippen LogP contribution in [0, 0.1) is 0 Å². The lowest BCUT2D eigenvalue weighted by atomic mass is 10.0. The van der Waals surface area contributed by atoms with Gasteiger partial charge in [-0.2, -0.15) is 0 Å². The smallest absolute Gasteiger partial charge is 0.410 e. The maximum Gasteiger partial charge on any atom is 0.410 e. The first-order valence-electron chi connectivity index (χ1n) is 14.7. The van der Waals surface area contributed by atoms with Crippen molar-refractivity contribution in [2.45, 2.75) is 56.7 Å². The van der Waals surface area contributed by atoms with Gasteiger partial charge in [0.05, 0.1) is 4.47 Å². The summed E-state index contributed by atoms with van der Waals surface area (Å²) < 4.78 is 6.45. The Hall–Kier alpha value is -3.31. The van der Waals surface area contributed by atoms with Crippen LogP contribution in [0.15, 0.2) is 46.9 Å². The minimum Gasteiger partial charge on any atom is -0.507 e. The fourth-order valence-electron chi connectivity index (χ4n) is 6.17. The zero-order valence-electron chi connectivity index (χ0n) is 24.3. The Kier molecular flexibility index (Phi) is 9.57. The van der Waals surface area contributed by atoms with E-state index in [-0.39, 0.29) is 30.2 Å². The number of carbonyl (C=O) groups is 3. The minimum atomic E-state index is -0.975. The van der Waals surface area contributed by atoms with Gasteiger partial charge < -0.3 is 34.8 Å². The zero-order valence-corrected chi connectivity index (χ0v) is 25.9. The highest BCUT2D eigenvalue weighted by molar-refractivity contribution is 9.10. The molecular weight excluding hydrogens is 602 g/mol. The van der Waals surface area contributed by atoms with E-state index in [2.05, 4.69) is 40.2 Å². The van der Waals surface area contributed by atoms with Gasteiger partial charge in [0.2, 0.25) is 0 Å². The number of nitrogens with zero attached hydrogens (tertiary/aromatic N) is 4. The van der Waals surface area contributed by atoms with Crippen molar-refractivity contribution in [3.63, 3.8) is 0 Å². The number of benzene rings is 2. The molecule has 3 aliphatic rings. The number of phenols is 1. The van der Waals surface area contributed by atoms with E-state index in [1.165, 1.54) is 0 Å². The lowest BCUT2D eigenvalue weighted by molar-refractivity contribution is -0.142. The number of aromatic hydroxyl groups is 1. The topological polar surface area (TPSA) is 106 Å². The van der Waals surface area contributed by atoms with Crippen LogP contribution >= 0.6 is 15.9 Å². The number of carbonyl (C=O) groups excluding carboxylic acids is 3. The van der Waals surface area contributed by atoms with Crippen molar-refractivity contribution in [3.05, 3.63) is 58.1 Å². The molecule has 3 heterocycles. The van der Waals surface area contributed by atoms with E-state index in [0.717, 1.165) is 36.1 Å². The molecule has 0 radical (unpaired) electrons. The molecule has 5 rings (SSSR count). The molecule has 226 valence electrons. The molecule has 0 spiro atoms. The summed E-state index contributed by atoms with van der Waals surface area (Å²) in [4.78, 5) is 47.6. The number of anilines is 1. The lowest BCUT2D eigenvalue weighted by Crippen LogP contribution is -2.52. The Morgan fingerprint density at radius 1 is 1.02 bits per heavy atom. The molecule has 2 aromatic carbocycles. The van der Waals surface area contributed by atoms with Crippen LogP contribution < -0.4 is 5.32 Å². The molecule has 0 bridgehead atoms. The van der Waals surface area contributed by atoms with Crippen LogP contribution in [0.4, 0.5) is 15.3 Å². The van der Waals surface area contributed by atoms with Gasteiger partial charge in [-0.25, -0.2) is 9.59 Å². The number of ether oxygens (including phenoxy) is 1. The van der Waals surface area contributed by atoms with Crippen molar-refractivity contribution in [3.8, 4) is 5.75 Å². The van der Waals surface area contributed by atoms with Crippen molar-refractivity contribution >= 4 is 39.6 Å². The summed E-state index contributed by atoms with van der Waals surface area (Å²) >= 11 is 3.34. The van der Waals surface area contributed by atoms with Gasteiger partial charge in [0.1, 0.15) is 5.75 Å². The van der Waals surface area contributed by atoms with E-state index in [9.17, 15) is 19.5 Å². The summed E-state index contributed by atoms with van der Waals surface area (Å²) in [6.45, 7) is 2.74. The molecule has 1 atom stereocenters. The number of phenolic OH excluding ortho intramolecular Hbond substituents is 1. The molecule has 11 heteroatoms. The van der Waals surface area contributed by atoms with E-state index in [4.69, 9.17) is 4.74 Å². The fourth-order valence-corrected chi connectivity index (χ4v) is 6.60. The van der Waals surface area contributed by atoms with Gasteiger partial charge in [-0.3, -0.25) is 4.79 Å². The van der Waals surface area contributed by atoms with Crippen molar-refractivity contribution < 1.29 is 24.2 Å². The summed E-state index contributed by atoms with van der Waals surface area (Å²) in [6, 6.07) is 13.2. The molecule has 10 nitrogen and oxygen atoms in total. The largest absolute Gasteiger partial charge is 0.507 e. The summed E-state index contributed by atoms with van der Waals surface area (Å²) in [7, 11) is 4.10. The molecule has 2 N–H and O–H groups in total. The predicted molar refractivity (Wildman–Crippen MR) is 164 cm³/mol. The number of urea groups is 1. The lowest BCUT2D eigenvalue weighted by Gasteiger charge is -2.38. The van der Waals surface area contributed by atoms with Crippen molar-refractivity contribution in [1.82, 2.24) is 19.6 Å². The number of likely N-dealkylation sites (tertiary alicyclic amines) is 2. The highest BCUT2D eigenvalue weighted by atomic mass is 79.9. The number of fused-ring (bicyclic) bond motifs is 1. The first kappa shape index (κ1) is 30.2. The van der Waals surface area contributed by atoms with Gasteiger partial charge in [0.25, 0.3) is 5.91 Å². The number of rotatable bonds is 6. The maximum absolute atomic E-state index is 13.7. The standard InChI is InChI=1S/C31H40BrN5O5/c1-34(2)23-10-14-35(15-11-23)29(39)28(20-21-7-8-27(38)25(32)19-21)42-31(41)36-16-12-24(13-17-36)37-18-9-22-5-3-4-6-26(22)33-30(37)40/h3-8,19,23-24,28,38H,9-18,20H2,1-2H3,(H,33,40). The molecule has 0 aromatic heterocycles. The third-order valence-corrected chi connectivity index (χ3v) is 9.40. The number of halogens is 1. The van der Waals surface area contributed by atoms with Gasteiger partial charge in [0, 0.05) is 56.9 Å². The highest BCUT2D eigenvalue weighted by Crippen LogP contribution is 2.27. The van der Waals surface area contributed by atoms with Crippen LogP contribution in [0.1, 0.15) is 36.8 Å². The first-order valence-corrected chi connectivity index (χ1v) is 15.5. The molecule has 2 saturated heterocycles. The number of para-hydroxylation sites is 1. The second-order valence-electron chi connectivity index (χ2n) is 11.6. The highest BCUT2D eigenvalue weighted by Gasteiger charge is 2.35. The Labute approximate surface area is 255 Å². The van der Waals surface area contributed by atoms with Crippen molar-refractivity contribution in [2.24, 2.45) is 0 Å². The van der Waals surface area contributed by atoms with Crippen molar-refractivity contribution in [2.75, 3.05) is 52.1 Å². The Morgan fingerprint density at radius 2 is 1.71 bits per heavy atom. The van der Waals surface area contributed by atoms with E-state index in [1.54, 1.807) is 28.0 Å². The van der Waals surface area contributed by atoms with Crippen LogP contribution in [0.2, 0.25) is 0 Å². The summed E-state index contributed by atoms with van der Waals surface area (Å²) in [5, 5.41) is 13.0. The Balaban J connectivity index is 1.21. The van der Waals surface area contributed by atoms with Crippen LogP contribution in [-0.4, -0.2) is 108 Å². The van der Waals surface area contributed by atoms with Gasteiger partial charge in [0.15, 0.2) is 6.10 Å². The van der Waals surface area contributed by atoms with Gasteiger partial charge in [-0.05, 0) is 91.5 Å². The third kappa shape index (κ3) is 7.00. The molecule has 2 aromatic rings. The second kappa shape index (κ2) is 13.3. The molecule has 3 aliphatic heterocycles. The average molecular weight is 643 g/mol. The van der Waals surface area contributed by atoms with E-state index >= 15 is 0 Å². The van der Waals surface area contributed by atoms with Crippen LogP contribution in [0.3, 0.4) is 0 Å². The maximum atomic E-state index is 13.7. The van der Waals surface area contributed by atoms with Crippen LogP contribution in [-0.2, 0) is 22.4 Å². The van der Waals surface area contributed by atoms with Gasteiger partial charge in [-0.15, -0.1) is 0 Å². The SMILES string of the molecule is CN(C)C1CCN(C(=O)C(Cc2ccc(O)c(Br)c2)OC(=O)N2CCC(N3CCc4ccccc4NC3=O)CC2)CC1. The first-order chi connectivity index (χ1) is 20.2. The Morgan fingerprint density at radius 3 is 2.40 bits per heavy atom. The second-order valence-corrected chi connectivity index (χ2v) is 12.5. The monoisotopic (exact) mass is 641 g/mol. The zero-order chi connectivity index (χ0) is 29.8. The van der Waals surface area contributed by atoms with E-state index < -0.39 is 12.2 Å². The van der Waals surface area contributed by atoms with Gasteiger partial charge in [-0.1, -0.05) is 24.3 Å². The molecule has 0 saturated carbocycles. The number of hydrogen-bond donors (Lipinski definition) is 2. The minimum absolute atomic E-state index is 0.0214. The summed E-state index contributed by atoms with van der Waals surface area (Å²) in [5.41, 5.74) is 2.76. The number of piperidine rings is 2. The predicted octanol–water partition coefficient (Wildman–Crippen LogP) is 4.31. The molecule has 2 fully saturated rings. The summed E-state index contributed by atoms with van der Waals surface area (Å²) in [6.07, 6.45) is 2.51. The van der Waals surface area contributed by atoms with E-state index in [1.807, 2.05) is 29.2 Å². The van der Waals surface area contributed by atoms with Gasteiger partial charge >= 0.3 is 12.1 Å². The number of amides is 4. The molecular formula is C31H40BrN5O5. The molecule has 1 unspecified atom stereocenters. The molecule has 4 amide bonds. The normalized spacial score (nSPS) is 19.2. The third-order valence-electron chi connectivity index (χ3n) is 8.76. The molecule has 42 heavy (non-hydrogen) atoms. The van der Waals surface area contributed by atoms with Crippen LogP contribution in [0.5, 0.6) is 5.75 Å². The average Bonchev–Trinajstić information content (AvgIpc) is 3.16. The summed E-state index contributed by atoms with van der Waals surface area (Å²) in [5.74, 6) is -0.0883. The quantitative estimate of drug-likeness (QED) is 0.487. The van der Waals surface area contributed by atoms with Crippen LogP contribution in [0.25, 0.3) is 0 Å².